The summed E-state index contributed by atoms with van der Waals surface area (Å²) in [4.78, 5) is 27.1. The smallest absolute Gasteiger partial charge is 0.304 e. The highest BCUT2D eigenvalue weighted by Crippen LogP contribution is 2.27. The molecule has 108 valence electrons. The van der Waals surface area contributed by atoms with E-state index in [1.165, 1.54) is 0 Å². The summed E-state index contributed by atoms with van der Waals surface area (Å²) in [7, 11) is 0. The fourth-order valence-corrected chi connectivity index (χ4v) is 2.81. The molecule has 2 N–H and O–H groups in total. The second-order valence-electron chi connectivity index (χ2n) is 5.77. The van der Waals surface area contributed by atoms with Gasteiger partial charge in [-0.3, -0.25) is 14.5 Å². The summed E-state index contributed by atoms with van der Waals surface area (Å²) in [5.74, 6) is -0.515. The molecule has 2 aliphatic heterocycles. The lowest BCUT2D eigenvalue weighted by Crippen LogP contribution is -2.53. The molecule has 2 fully saturated rings. The molecule has 0 aromatic heterocycles. The predicted molar refractivity (Wildman–Crippen MR) is 70.9 cm³/mol. The van der Waals surface area contributed by atoms with E-state index < -0.39 is 5.97 Å². The van der Waals surface area contributed by atoms with E-state index >= 15 is 0 Å². The number of carbonyl (C=O) groups is 2. The van der Waals surface area contributed by atoms with Crippen molar-refractivity contribution < 1.29 is 14.7 Å². The van der Waals surface area contributed by atoms with Crippen LogP contribution in [0.3, 0.4) is 0 Å². The van der Waals surface area contributed by atoms with Crippen LogP contribution in [0, 0.1) is 5.41 Å². The Kier molecular flexibility index (Phi) is 4.42. The van der Waals surface area contributed by atoms with E-state index in [9.17, 15) is 9.59 Å². The van der Waals surface area contributed by atoms with Crippen LogP contribution in [0.5, 0.6) is 0 Å². The van der Waals surface area contributed by atoms with Crippen molar-refractivity contribution in [3.8, 4) is 0 Å². The Morgan fingerprint density at radius 1 is 1.26 bits per heavy atom. The van der Waals surface area contributed by atoms with Crippen molar-refractivity contribution in [1.29, 1.82) is 0 Å². The van der Waals surface area contributed by atoms with E-state index in [2.05, 4.69) is 10.2 Å². The van der Waals surface area contributed by atoms with Gasteiger partial charge in [0.25, 0.3) is 0 Å². The molecule has 2 saturated heterocycles. The van der Waals surface area contributed by atoms with Crippen molar-refractivity contribution >= 4 is 11.9 Å². The molecule has 2 aliphatic rings. The maximum Gasteiger partial charge on any atom is 0.304 e. The van der Waals surface area contributed by atoms with E-state index in [4.69, 9.17) is 5.11 Å². The zero-order chi connectivity index (χ0) is 13.9. The number of piperazine rings is 1. The van der Waals surface area contributed by atoms with Gasteiger partial charge in [-0.15, -0.1) is 0 Å². The summed E-state index contributed by atoms with van der Waals surface area (Å²) < 4.78 is 0. The number of hydrogen-bond acceptors (Lipinski definition) is 4. The average Bonchev–Trinajstić information content (AvgIpc) is 2.84. The van der Waals surface area contributed by atoms with Crippen molar-refractivity contribution in [3.63, 3.8) is 0 Å². The van der Waals surface area contributed by atoms with Crippen LogP contribution in [0.15, 0.2) is 0 Å². The van der Waals surface area contributed by atoms with Gasteiger partial charge in [0.2, 0.25) is 5.91 Å². The van der Waals surface area contributed by atoms with Crippen LogP contribution in [-0.2, 0) is 9.59 Å². The van der Waals surface area contributed by atoms with Crippen LogP contribution in [0.1, 0.15) is 19.8 Å². The second kappa shape index (κ2) is 5.88. The van der Waals surface area contributed by atoms with Gasteiger partial charge in [-0.25, -0.2) is 0 Å². The third-order valence-electron chi connectivity index (χ3n) is 4.19. The monoisotopic (exact) mass is 269 g/mol. The van der Waals surface area contributed by atoms with E-state index in [0.717, 1.165) is 32.6 Å². The van der Waals surface area contributed by atoms with Crippen LogP contribution in [0.2, 0.25) is 0 Å². The molecular weight excluding hydrogens is 246 g/mol. The minimum Gasteiger partial charge on any atom is -0.481 e. The van der Waals surface area contributed by atoms with E-state index in [1.54, 1.807) is 0 Å². The molecule has 0 spiro atoms. The Labute approximate surface area is 113 Å². The molecular formula is C13H23N3O3. The fraction of sp³-hybridized carbons (Fsp3) is 0.846. The summed E-state index contributed by atoms with van der Waals surface area (Å²) in [6, 6.07) is 0. The number of hydrogen-bond donors (Lipinski definition) is 2. The first-order chi connectivity index (χ1) is 9.01. The Morgan fingerprint density at radius 2 is 1.95 bits per heavy atom. The normalized spacial score (nSPS) is 28.6. The molecule has 0 saturated carbocycles. The number of aliphatic carboxylic acids is 1. The fourth-order valence-electron chi connectivity index (χ4n) is 2.81. The molecule has 0 aliphatic carbocycles. The molecule has 19 heavy (non-hydrogen) atoms. The molecule has 6 heteroatoms. The van der Waals surface area contributed by atoms with Gasteiger partial charge in [-0.1, -0.05) is 0 Å². The lowest BCUT2D eigenvalue weighted by Gasteiger charge is -2.38. The van der Waals surface area contributed by atoms with E-state index in [0.29, 0.717) is 19.6 Å². The molecule has 0 aromatic carbocycles. The van der Waals surface area contributed by atoms with Gasteiger partial charge in [0.05, 0.1) is 11.8 Å². The highest BCUT2D eigenvalue weighted by Gasteiger charge is 2.39. The first kappa shape index (κ1) is 14.3. The van der Waals surface area contributed by atoms with Crippen molar-refractivity contribution in [1.82, 2.24) is 15.1 Å². The number of carboxylic acid groups (broad SMARTS) is 1. The van der Waals surface area contributed by atoms with Crippen molar-refractivity contribution in [2.75, 3.05) is 45.8 Å². The van der Waals surface area contributed by atoms with Crippen molar-refractivity contribution in [3.05, 3.63) is 0 Å². The first-order valence-corrected chi connectivity index (χ1v) is 6.95. The molecule has 1 amide bonds. The molecule has 0 radical (unpaired) electrons. The zero-order valence-electron chi connectivity index (χ0n) is 11.5. The van der Waals surface area contributed by atoms with Crippen LogP contribution < -0.4 is 5.32 Å². The lowest BCUT2D eigenvalue weighted by atomic mass is 9.88. The SMILES string of the molecule is CC1(C(=O)N2CCN(CCC(=O)O)CC2)CCNC1. The lowest BCUT2D eigenvalue weighted by molar-refractivity contribution is -0.143. The summed E-state index contributed by atoms with van der Waals surface area (Å²) in [5.41, 5.74) is -0.247. The highest BCUT2D eigenvalue weighted by molar-refractivity contribution is 5.83. The predicted octanol–water partition coefficient (Wildman–Crippen LogP) is -0.395. The molecule has 1 atom stereocenters. The summed E-state index contributed by atoms with van der Waals surface area (Å²) >= 11 is 0. The van der Waals surface area contributed by atoms with Gasteiger partial charge in [0.1, 0.15) is 0 Å². The summed E-state index contributed by atoms with van der Waals surface area (Å²) in [5, 5.41) is 11.9. The van der Waals surface area contributed by atoms with Gasteiger partial charge in [-0.2, -0.15) is 0 Å². The largest absolute Gasteiger partial charge is 0.481 e. The molecule has 2 heterocycles. The minimum atomic E-state index is -0.761. The third-order valence-corrected chi connectivity index (χ3v) is 4.19. The van der Waals surface area contributed by atoms with Gasteiger partial charge in [0.15, 0.2) is 0 Å². The van der Waals surface area contributed by atoms with Crippen LogP contribution in [0.25, 0.3) is 0 Å². The van der Waals surface area contributed by atoms with E-state index in [1.807, 2.05) is 11.8 Å². The van der Waals surface area contributed by atoms with Crippen molar-refractivity contribution in [2.45, 2.75) is 19.8 Å². The standard InChI is InChI=1S/C13H23N3O3/c1-13(3-4-14-10-13)12(19)16-8-6-15(7-9-16)5-2-11(17)18/h14H,2-10H2,1H3,(H,17,18). The molecule has 6 nitrogen and oxygen atoms in total. The van der Waals surface area contributed by atoms with E-state index in [-0.39, 0.29) is 17.7 Å². The number of carboxylic acids is 1. The summed E-state index contributed by atoms with van der Waals surface area (Å²) in [6.45, 7) is 7.29. The second-order valence-corrected chi connectivity index (χ2v) is 5.77. The quantitative estimate of drug-likeness (QED) is 0.727. The Hall–Kier alpha value is -1.14. The number of amides is 1. The van der Waals surface area contributed by atoms with Crippen molar-refractivity contribution in [2.24, 2.45) is 5.41 Å². The van der Waals surface area contributed by atoms with Crippen LogP contribution in [-0.4, -0.2) is 72.6 Å². The minimum absolute atomic E-state index is 0.176. The number of nitrogens with zero attached hydrogens (tertiary/aromatic N) is 2. The molecule has 0 bridgehead atoms. The van der Waals surface area contributed by atoms with Gasteiger partial charge in [-0.05, 0) is 19.9 Å². The topological polar surface area (TPSA) is 72.9 Å². The Bertz CT molecular complexity index is 345. The highest BCUT2D eigenvalue weighted by atomic mass is 16.4. The Morgan fingerprint density at radius 3 is 2.47 bits per heavy atom. The van der Waals surface area contributed by atoms with Gasteiger partial charge in [0, 0.05) is 39.3 Å². The average molecular weight is 269 g/mol. The van der Waals surface area contributed by atoms with Crippen LogP contribution >= 0.6 is 0 Å². The van der Waals surface area contributed by atoms with Gasteiger partial charge < -0.3 is 15.3 Å². The zero-order valence-corrected chi connectivity index (χ0v) is 11.5. The van der Waals surface area contributed by atoms with Gasteiger partial charge >= 0.3 is 5.97 Å². The summed E-state index contributed by atoms with van der Waals surface area (Å²) in [6.07, 6.45) is 1.08. The Balaban J connectivity index is 1.79. The molecule has 2 rings (SSSR count). The maximum absolute atomic E-state index is 12.5. The molecule has 1 unspecified atom stereocenters. The maximum atomic E-state index is 12.5. The number of carbonyl (C=O) groups excluding carboxylic acids is 1. The third kappa shape index (κ3) is 3.45. The van der Waals surface area contributed by atoms with Crippen LogP contribution in [0.4, 0.5) is 0 Å². The number of rotatable bonds is 4. The molecule has 0 aromatic rings. The number of nitrogens with one attached hydrogen (secondary N) is 1. The first-order valence-electron chi connectivity index (χ1n) is 6.95.